The molecule has 0 bridgehead atoms. The van der Waals surface area contributed by atoms with E-state index in [2.05, 4.69) is 9.97 Å². The van der Waals surface area contributed by atoms with Crippen molar-refractivity contribution in [3.05, 3.63) is 47.9 Å². The molecule has 0 radical (unpaired) electrons. The number of aryl methyl sites for hydroxylation is 1. The Morgan fingerprint density at radius 2 is 2.05 bits per heavy atom. The Labute approximate surface area is 116 Å². The largest absolute Gasteiger partial charge is 0.477 e. The van der Waals surface area contributed by atoms with E-state index in [-0.39, 0.29) is 11.4 Å². The number of hydrogen-bond donors (Lipinski definition) is 2. The lowest BCUT2D eigenvalue weighted by Crippen LogP contribution is -2.15. The normalized spacial score (nSPS) is 10.2. The fraction of sp³-hybridized carbons (Fsp3) is 0.214. The first-order valence-corrected chi connectivity index (χ1v) is 6.24. The molecule has 2 heterocycles. The van der Waals surface area contributed by atoms with E-state index in [1.165, 1.54) is 17.8 Å². The van der Waals surface area contributed by atoms with Gasteiger partial charge in [-0.25, -0.2) is 4.98 Å². The van der Waals surface area contributed by atoms with Crippen molar-refractivity contribution in [2.45, 2.75) is 12.8 Å². The van der Waals surface area contributed by atoms with Crippen molar-refractivity contribution in [3.8, 4) is 5.88 Å². The zero-order chi connectivity index (χ0) is 14.4. The Hall–Kier alpha value is -2.63. The van der Waals surface area contributed by atoms with E-state index >= 15 is 0 Å². The second-order valence-electron chi connectivity index (χ2n) is 4.29. The van der Waals surface area contributed by atoms with Crippen LogP contribution in [0.2, 0.25) is 0 Å². The highest BCUT2D eigenvalue weighted by Crippen LogP contribution is 2.17. The minimum atomic E-state index is -0.603. The van der Waals surface area contributed by atoms with Crippen LogP contribution in [0.15, 0.2) is 36.8 Å². The third-order valence-electron chi connectivity index (χ3n) is 2.74. The summed E-state index contributed by atoms with van der Waals surface area (Å²) in [7, 11) is 0. The van der Waals surface area contributed by atoms with Gasteiger partial charge >= 0.3 is 0 Å². The van der Waals surface area contributed by atoms with Crippen LogP contribution < -0.4 is 16.2 Å². The van der Waals surface area contributed by atoms with Gasteiger partial charge in [0.05, 0.1) is 18.5 Å². The molecular formula is C14H16N4O2. The van der Waals surface area contributed by atoms with Gasteiger partial charge in [-0.15, -0.1) is 0 Å². The molecule has 2 aromatic heterocycles. The predicted octanol–water partition coefficient (Wildman–Crippen LogP) is 1.17. The average Bonchev–Trinajstić information content (AvgIpc) is 2.45. The number of carbonyl (C=O) groups excluding carboxylic acids is 1. The number of pyridine rings is 2. The van der Waals surface area contributed by atoms with Gasteiger partial charge in [-0.2, -0.15) is 0 Å². The Balaban J connectivity index is 1.90. The number of nitrogen functional groups attached to an aromatic ring is 1. The number of aromatic nitrogens is 2. The van der Waals surface area contributed by atoms with Gasteiger partial charge in [0.15, 0.2) is 0 Å². The molecule has 20 heavy (non-hydrogen) atoms. The van der Waals surface area contributed by atoms with Gasteiger partial charge in [0.25, 0.3) is 5.91 Å². The van der Waals surface area contributed by atoms with Gasteiger partial charge in [-0.1, -0.05) is 0 Å². The summed E-state index contributed by atoms with van der Waals surface area (Å²) in [4.78, 5) is 19.2. The lowest BCUT2D eigenvalue weighted by Gasteiger charge is -2.09. The highest BCUT2D eigenvalue weighted by molar-refractivity contribution is 5.95. The maximum absolute atomic E-state index is 11.3. The molecule has 0 aliphatic heterocycles. The maximum Gasteiger partial charge on any atom is 0.254 e. The highest BCUT2D eigenvalue weighted by Gasteiger charge is 2.11. The van der Waals surface area contributed by atoms with Crippen LogP contribution in [-0.2, 0) is 6.42 Å². The van der Waals surface area contributed by atoms with Gasteiger partial charge in [-0.3, -0.25) is 9.78 Å². The first-order valence-electron chi connectivity index (χ1n) is 6.24. The molecule has 0 fully saturated rings. The number of nitrogens with two attached hydrogens (primary N) is 2. The first kappa shape index (κ1) is 13.8. The number of hydrogen-bond acceptors (Lipinski definition) is 5. The van der Waals surface area contributed by atoms with E-state index in [0.717, 1.165) is 12.8 Å². The molecule has 0 saturated heterocycles. The maximum atomic E-state index is 11.3. The lowest BCUT2D eigenvalue weighted by molar-refractivity contribution is 0.0995. The van der Waals surface area contributed by atoms with Gasteiger partial charge in [0.2, 0.25) is 5.88 Å². The van der Waals surface area contributed by atoms with Crippen molar-refractivity contribution in [1.82, 2.24) is 9.97 Å². The standard InChI is InChI=1S/C14H16N4O2/c15-11-8-12(13(16)19)14(18-9-11)20-7-1-2-10-3-5-17-6-4-10/h3-6,8-9H,1-2,7,15H2,(H2,16,19). The van der Waals surface area contributed by atoms with Gasteiger partial charge in [-0.05, 0) is 36.6 Å². The number of anilines is 1. The van der Waals surface area contributed by atoms with E-state index in [9.17, 15) is 4.79 Å². The van der Waals surface area contributed by atoms with Crippen LogP contribution >= 0.6 is 0 Å². The Bertz CT molecular complexity index is 587. The topological polar surface area (TPSA) is 104 Å². The summed E-state index contributed by atoms with van der Waals surface area (Å²) in [5, 5.41) is 0. The first-order chi connectivity index (χ1) is 9.66. The van der Waals surface area contributed by atoms with Crippen molar-refractivity contribution in [2.24, 2.45) is 5.73 Å². The third kappa shape index (κ3) is 3.68. The molecule has 6 nitrogen and oxygen atoms in total. The minimum Gasteiger partial charge on any atom is -0.477 e. The average molecular weight is 272 g/mol. The van der Waals surface area contributed by atoms with Crippen LogP contribution in [0.3, 0.4) is 0 Å². The van der Waals surface area contributed by atoms with E-state index in [1.54, 1.807) is 12.4 Å². The fourth-order valence-corrected chi connectivity index (χ4v) is 1.75. The van der Waals surface area contributed by atoms with Crippen LogP contribution in [-0.4, -0.2) is 22.5 Å². The fourth-order valence-electron chi connectivity index (χ4n) is 1.75. The van der Waals surface area contributed by atoms with E-state index in [1.807, 2.05) is 12.1 Å². The highest BCUT2D eigenvalue weighted by atomic mass is 16.5. The summed E-state index contributed by atoms with van der Waals surface area (Å²) in [6.45, 7) is 0.444. The zero-order valence-corrected chi connectivity index (χ0v) is 11.0. The molecule has 1 amide bonds. The summed E-state index contributed by atoms with van der Waals surface area (Å²) in [5.74, 6) is -0.379. The summed E-state index contributed by atoms with van der Waals surface area (Å²) in [5.41, 5.74) is 12.6. The molecule has 0 aromatic carbocycles. The molecule has 4 N–H and O–H groups in total. The molecule has 104 valence electrons. The Morgan fingerprint density at radius 3 is 2.75 bits per heavy atom. The monoisotopic (exact) mass is 272 g/mol. The Morgan fingerprint density at radius 1 is 1.30 bits per heavy atom. The zero-order valence-electron chi connectivity index (χ0n) is 11.0. The molecule has 2 aromatic rings. The lowest BCUT2D eigenvalue weighted by atomic mass is 10.1. The van der Waals surface area contributed by atoms with Crippen LogP contribution in [0, 0.1) is 0 Å². The molecule has 0 unspecified atom stereocenters. The van der Waals surface area contributed by atoms with Crippen molar-refractivity contribution < 1.29 is 9.53 Å². The minimum absolute atomic E-state index is 0.203. The molecule has 0 aliphatic rings. The van der Waals surface area contributed by atoms with Crippen molar-refractivity contribution in [3.63, 3.8) is 0 Å². The summed E-state index contributed by atoms with van der Waals surface area (Å²) in [6, 6.07) is 5.38. The molecular weight excluding hydrogens is 256 g/mol. The summed E-state index contributed by atoms with van der Waals surface area (Å²) < 4.78 is 5.49. The van der Waals surface area contributed by atoms with Crippen LogP contribution in [0.25, 0.3) is 0 Å². The number of ether oxygens (including phenoxy) is 1. The van der Waals surface area contributed by atoms with Gasteiger partial charge < -0.3 is 16.2 Å². The van der Waals surface area contributed by atoms with Crippen LogP contribution in [0.5, 0.6) is 5.88 Å². The molecule has 0 spiro atoms. The molecule has 0 saturated carbocycles. The number of carbonyl (C=O) groups is 1. The quantitative estimate of drug-likeness (QED) is 0.768. The van der Waals surface area contributed by atoms with Crippen molar-refractivity contribution >= 4 is 11.6 Å². The van der Waals surface area contributed by atoms with E-state index in [0.29, 0.717) is 12.3 Å². The Kier molecular flexibility index (Phi) is 4.49. The number of rotatable bonds is 6. The van der Waals surface area contributed by atoms with Gasteiger partial charge in [0, 0.05) is 12.4 Å². The van der Waals surface area contributed by atoms with Gasteiger partial charge in [0.1, 0.15) is 5.56 Å². The van der Waals surface area contributed by atoms with Crippen molar-refractivity contribution in [1.29, 1.82) is 0 Å². The van der Waals surface area contributed by atoms with E-state index < -0.39 is 5.91 Å². The second kappa shape index (κ2) is 6.51. The predicted molar refractivity (Wildman–Crippen MR) is 75.2 cm³/mol. The van der Waals surface area contributed by atoms with Crippen LogP contribution in [0.4, 0.5) is 5.69 Å². The van der Waals surface area contributed by atoms with Crippen molar-refractivity contribution in [2.75, 3.05) is 12.3 Å². The summed E-state index contributed by atoms with van der Waals surface area (Å²) in [6.07, 6.45) is 6.61. The molecule has 0 aliphatic carbocycles. The number of amides is 1. The smallest absolute Gasteiger partial charge is 0.254 e. The van der Waals surface area contributed by atoms with E-state index in [4.69, 9.17) is 16.2 Å². The molecule has 2 rings (SSSR count). The van der Waals surface area contributed by atoms with Crippen LogP contribution in [0.1, 0.15) is 22.3 Å². The number of primary amides is 1. The second-order valence-corrected chi connectivity index (χ2v) is 4.29. The third-order valence-corrected chi connectivity index (χ3v) is 2.74. The summed E-state index contributed by atoms with van der Waals surface area (Å²) >= 11 is 0. The molecule has 0 atom stereocenters. The molecule has 6 heteroatoms. The SMILES string of the molecule is NC(=O)c1cc(N)cnc1OCCCc1ccncc1. The number of nitrogens with zero attached hydrogens (tertiary/aromatic N) is 2.